The number of hydrogen-bond acceptors (Lipinski definition) is 5. The van der Waals surface area contributed by atoms with E-state index in [1.807, 2.05) is 41.3 Å². The number of hydrazone groups is 1. The van der Waals surface area contributed by atoms with Crippen LogP contribution in [0.1, 0.15) is 5.56 Å². The molecule has 0 aliphatic carbocycles. The summed E-state index contributed by atoms with van der Waals surface area (Å²) in [7, 11) is 1.62. The van der Waals surface area contributed by atoms with Crippen molar-refractivity contribution in [2.24, 2.45) is 5.10 Å². The molecule has 0 aromatic heterocycles. The van der Waals surface area contributed by atoms with Crippen LogP contribution in [0.5, 0.6) is 5.75 Å². The van der Waals surface area contributed by atoms with Gasteiger partial charge in [0.25, 0.3) is 5.91 Å². The third-order valence-electron chi connectivity index (χ3n) is 4.00. The predicted octanol–water partition coefficient (Wildman–Crippen LogP) is 1.63. The second kappa shape index (κ2) is 7.90. The smallest absolute Gasteiger partial charge is 0.254 e. The minimum absolute atomic E-state index is 0.132. The summed E-state index contributed by atoms with van der Waals surface area (Å²) in [6, 6.07) is 11.9. The summed E-state index contributed by atoms with van der Waals surface area (Å²) in [5.41, 5.74) is 3.44. The van der Waals surface area contributed by atoms with Crippen LogP contribution in [0.2, 0.25) is 0 Å². The Kier molecular flexibility index (Phi) is 5.40. The zero-order valence-corrected chi connectivity index (χ0v) is 13.7. The SMILES string of the molecule is COc1ccc2ccccc2c1/C=N\NC(=O)CN1CCOCC1. The lowest BCUT2D eigenvalue weighted by molar-refractivity contribution is -0.123. The van der Waals surface area contributed by atoms with Crippen LogP contribution < -0.4 is 10.2 Å². The van der Waals surface area contributed by atoms with Crippen molar-refractivity contribution in [1.29, 1.82) is 0 Å². The van der Waals surface area contributed by atoms with E-state index >= 15 is 0 Å². The first-order valence-electron chi connectivity index (χ1n) is 7.95. The molecule has 0 unspecified atom stereocenters. The highest BCUT2D eigenvalue weighted by molar-refractivity contribution is 6.02. The molecule has 3 rings (SSSR count). The fourth-order valence-corrected chi connectivity index (χ4v) is 2.75. The molecular formula is C18H21N3O3. The van der Waals surface area contributed by atoms with E-state index in [-0.39, 0.29) is 5.91 Å². The quantitative estimate of drug-likeness (QED) is 0.670. The molecule has 24 heavy (non-hydrogen) atoms. The molecule has 1 N–H and O–H groups in total. The normalized spacial score (nSPS) is 15.7. The van der Waals surface area contributed by atoms with Crippen LogP contribution in [-0.2, 0) is 9.53 Å². The molecule has 0 spiro atoms. The molecule has 1 heterocycles. The average Bonchev–Trinajstić information content (AvgIpc) is 2.62. The van der Waals surface area contributed by atoms with Crippen molar-refractivity contribution in [3.05, 3.63) is 42.0 Å². The highest BCUT2D eigenvalue weighted by Crippen LogP contribution is 2.26. The Morgan fingerprint density at radius 2 is 2.08 bits per heavy atom. The summed E-state index contributed by atoms with van der Waals surface area (Å²) < 4.78 is 10.7. The summed E-state index contributed by atoms with van der Waals surface area (Å²) in [5, 5.41) is 6.23. The molecule has 1 aliphatic rings. The number of rotatable bonds is 5. The van der Waals surface area contributed by atoms with E-state index in [0.717, 1.165) is 35.2 Å². The number of methoxy groups -OCH3 is 1. The molecule has 0 bridgehead atoms. The van der Waals surface area contributed by atoms with E-state index in [0.29, 0.717) is 19.8 Å². The van der Waals surface area contributed by atoms with Crippen molar-refractivity contribution in [2.45, 2.75) is 0 Å². The third kappa shape index (κ3) is 3.90. The number of amides is 1. The second-order valence-corrected chi connectivity index (χ2v) is 5.58. The first-order chi connectivity index (χ1) is 11.8. The monoisotopic (exact) mass is 327 g/mol. The molecule has 1 amide bonds. The maximum absolute atomic E-state index is 12.0. The lowest BCUT2D eigenvalue weighted by atomic mass is 10.0. The van der Waals surface area contributed by atoms with E-state index in [1.165, 1.54) is 0 Å². The molecule has 6 nitrogen and oxygen atoms in total. The van der Waals surface area contributed by atoms with Gasteiger partial charge in [0.1, 0.15) is 5.75 Å². The Hall–Kier alpha value is -2.44. The Labute approximate surface area is 141 Å². The molecular weight excluding hydrogens is 306 g/mol. The molecule has 126 valence electrons. The first-order valence-corrected chi connectivity index (χ1v) is 7.95. The number of carbonyl (C=O) groups is 1. The highest BCUT2D eigenvalue weighted by atomic mass is 16.5. The third-order valence-corrected chi connectivity index (χ3v) is 4.00. The van der Waals surface area contributed by atoms with Crippen LogP contribution in [0.15, 0.2) is 41.5 Å². The summed E-state index contributed by atoms with van der Waals surface area (Å²) in [6.45, 7) is 3.21. The summed E-state index contributed by atoms with van der Waals surface area (Å²) in [6.07, 6.45) is 1.64. The highest BCUT2D eigenvalue weighted by Gasteiger charge is 2.13. The van der Waals surface area contributed by atoms with E-state index in [9.17, 15) is 4.79 Å². The van der Waals surface area contributed by atoms with Crippen LogP contribution in [0.25, 0.3) is 10.8 Å². The first kappa shape index (κ1) is 16.4. The summed E-state index contributed by atoms with van der Waals surface area (Å²) in [4.78, 5) is 14.0. The molecule has 0 atom stereocenters. The standard InChI is InChI=1S/C18H21N3O3/c1-23-17-7-6-14-4-2-3-5-15(14)16(17)12-19-20-18(22)13-21-8-10-24-11-9-21/h2-7,12H,8-11,13H2,1H3,(H,20,22)/b19-12-. The zero-order chi connectivity index (χ0) is 16.8. The number of morpholine rings is 1. The molecule has 1 fully saturated rings. The molecule has 6 heteroatoms. The average molecular weight is 327 g/mol. The van der Waals surface area contributed by atoms with Crippen LogP contribution in [0, 0.1) is 0 Å². The van der Waals surface area contributed by atoms with Gasteiger partial charge in [0, 0.05) is 18.7 Å². The number of benzene rings is 2. The van der Waals surface area contributed by atoms with Gasteiger partial charge in [0.15, 0.2) is 0 Å². The van der Waals surface area contributed by atoms with E-state index in [4.69, 9.17) is 9.47 Å². The van der Waals surface area contributed by atoms with Gasteiger partial charge in [-0.15, -0.1) is 0 Å². The molecule has 2 aromatic carbocycles. The van der Waals surface area contributed by atoms with Crippen LogP contribution in [0.4, 0.5) is 0 Å². The summed E-state index contributed by atoms with van der Waals surface area (Å²) >= 11 is 0. The van der Waals surface area contributed by atoms with Crippen LogP contribution in [0.3, 0.4) is 0 Å². The number of carbonyl (C=O) groups excluding carboxylic acids is 1. The lowest BCUT2D eigenvalue weighted by Gasteiger charge is -2.25. The van der Waals surface area contributed by atoms with Gasteiger partial charge in [-0.05, 0) is 16.8 Å². The van der Waals surface area contributed by atoms with Crippen LogP contribution in [-0.4, -0.2) is 57.0 Å². The molecule has 1 saturated heterocycles. The van der Waals surface area contributed by atoms with Gasteiger partial charge in [-0.25, -0.2) is 5.43 Å². The fraction of sp³-hybridized carbons (Fsp3) is 0.333. The fourth-order valence-electron chi connectivity index (χ4n) is 2.75. The Morgan fingerprint density at radius 1 is 1.29 bits per heavy atom. The van der Waals surface area contributed by atoms with E-state index < -0.39 is 0 Å². The maximum atomic E-state index is 12.0. The Balaban J connectivity index is 1.69. The van der Waals surface area contributed by atoms with Crippen molar-refractivity contribution in [3.63, 3.8) is 0 Å². The van der Waals surface area contributed by atoms with Crippen molar-refractivity contribution >= 4 is 22.9 Å². The number of fused-ring (bicyclic) bond motifs is 1. The minimum atomic E-state index is -0.132. The lowest BCUT2D eigenvalue weighted by Crippen LogP contribution is -2.42. The van der Waals surface area contributed by atoms with Gasteiger partial charge in [0.2, 0.25) is 0 Å². The van der Waals surface area contributed by atoms with Gasteiger partial charge in [-0.2, -0.15) is 5.10 Å². The molecule has 2 aromatic rings. The maximum Gasteiger partial charge on any atom is 0.254 e. The van der Waals surface area contributed by atoms with Crippen LogP contribution >= 0.6 is 0 Å². The van der Waals surface area contributed by atoms with Gasteiger partial charge in [0.05, 0.1) is 33.1 Å². The molecule has 1 aliphatic heterocycles. The van der Waals surface area contributed by atoms with Gasteiger partial charge in [-0.1, -0.05) is 30.3 Å². The largest absolute Gasteiger partial charge is 0.496 e. The number of ether oxygens (including phenoxy) is 2. The summed E-state index contributed by atoms with van der Waals surface area (Å²) in [5.74, 6) is 0.590. The van der Waals surface area contributed by atoms with Gasteiger partial charge >= 0.3 is 0 Å². The van der Waals surface area contributed by atoms with E-state index in [1.54, 1.807) is 13.3 Å². The van der Waals surface area contributed by atoms with Crippen molar-refractivity contribution in [3.8, 4) is 5.75 Å². The molecule has 0 radical (unpaired) electrons. The predicted molar refractivity (Wildman–Crippen MR) is 93.5 cm³/mol. The second-order valence-electron chi connectivity index (χ2n) is 5.58. The topological polar surface area (TPSA) is 63.2 Å². The zero-order valence-electron chi connectivity index (χ0n) is 13.7. The van der Waals surface area contributed by atoms with Gasteiger partial charge in [-0.3, -0.25) is 9.69 Å². The minimum Gasteiger partial charge on any atom is -0.496 e. The number of nitrogens with zero attached hydrogens (tertiary/aromatic N) is 2. The van der Waals surface area contributed by atoms with Crippen molar-refractivity contribution < 1.29 is 14.3 Å². The van der Waals surface area contributed by atoms with Gasteiger partial charge < -0.3 is 9.47 Å². The Morgan fingerprint density at radius 3 is 2.88 bits per heavy atom. The van der Waals surface area contributed by atoms with Crippen molar-refractivity contribution in [1.82, 2.24) is 10.3 Å². The van der Waals surface area contributed by atoms with Crippen molar-refractivity contribution in [2.75, 3.05) is 40.0 Å². The number of nitrogens with one attached hydrogen (secondary N) is 1. The number of hydrogen-bond donors (Lipinski definition) is 1. The Bertz CT molecular complexity index is 739. The molecule has 0 saturated carbocycles. The van der Waals surface area contributed by atoms with E-state index in [2.05, 4.69) is 10.5 Å².